The van der Waals surface area contributed by atoms with Gasteiger partial charge in [-0.15, -0.1) is 37.2 Å². The van der Waals surface area contributed by atoms with Crippen molar-refractivity contribution in [2.24, 2.45) is 0 Å². The second-order valence-electron chi connectivity index (χ2n) is 6.54. The van der Waals surface area contributed by atoms with E-state index < -0.39 is 0 Å². The van der Waals surface area contributed by atoms with Crippen molar-refractivity contribution in [1.82, 2.24) is 15.5 Å². The molecule has 164 valence electrons. The molecule has 9 heteroatoms. The number of nitrogens with zero attached hydrogens (tertiary/aromatic N) is 2. The van der Waals surface area contributed by atoms with Crippen LogP contribution >= 0.6 is 37.2 Å². The molecule has 0 bridgehead atoms. The van der Waals surface area contributed by atoms with Gasteiger partial charge in [0.1, 0.15) is 0 Å². The Morgan fingerprint density at radius 3 is 2.46 bits per heavy atom. The number of amides is 1. The number of methoxy groups -OCH3 is 1. The van der Waals surface area contributed by atoms with Crippen LogP contribution in [0.4, 0.5) is 5.69 Å². The third-order valence-corrected chi connectivity index (χ3v) is 4.48. The number of anilines is 1. The monoisotopic (exact) mass is 456 g/mol. The number of rotatable bonds is 10. The zero-order valence-electron chi connectivity index (χ0n) is 16.8. The van der Waals surface area contributed by atoms with Crippen LogP contribution in [-0.2, 0) is 9.53 Å². The number of carbonyl (C=O) groups is 1. The summed E-state index contributed by atoms with van der Waals surface area (Å²) in [7, 11) is 1.66. The lowest BCUT2D eigenvalue weighted by atomic mass is 10.2. The number of ether oxygens (including phenoxy) is 1. The highest BCUT2D eigenvalue weighted by Gasteiger charge is 2.16. The molecule has 0 atom stereocenters. The Balaban J connectivity index is 0. The fraction of sp³-hybridized carbons (Fsp3) is 0.632. The van der Waals surface area contributed by atoms with Crippen LogP contribution in [0.3, 0.4) is 0 Å². The first kappa shape index (κ1) is 29.4. The van der Waals surface area contributed by atoms with E-state index >= 15 is 0 Å². The van der Waals surface area contributed by atoms with Gasteiger partial charge in [0.25, 0.3) is 0 Å². The summed E-state index contributed by atoms with van der Waals surface area (Å²) in [5.41, 5.74) is 2.64. The fourth-order valence-electron chi connectivity index (χ4n) is 3.02. The summed E-state index contributed by atoms with van der Waals surface area (Å²) in [6, 6.07) is 8.72. The predicted octanol–water partition coefficient (Wildman–Crippen LogP) is 2.12. The lowest BCUT2D eigenvalue weighted by Crippen LogP contribution is -2.47. The van der Waals surface area contributed by atoms with Gasteiger partial charge in [-0.2, -0.15) is 0 Å². The molecule has 2 N–H and O–H groups in total. The van der Waals surface area contributed by atoms with Crippen molar-refractivity contribution in [3.63, 3.8) is 0 Å². The number of piperazine rings is 1. The number of nitrogens with one attached hydrogen (secondary N) is 2. The molecular formula is C19H35Cl3N4O2. The molecule has 0 spiro atoms. The van der Waals surface area contributed by atoms with Crippen LogP contribution in [-0.4, -0.2) is 76.9 Å². The molecule has 0 saturated carbocycles. The first-order valence-corrected chi connectivity index (χ1v) is 9.19. The van der Waals surface area contributed by atoms with Gasteiger partial charge >= 0.3 is 0 Å². The highest BCUT2D eigenvalue weighted by Crippen LogP contribution is 2.17. The van der Waals surface area contributed by atoms with Crippen LogP contribution in [0.25, 0.3) is 0 Å². The van der Waals surface area contributed by atoms with Crippen molar-refractivity contribution in [2.75, 3.05) is 71.0 Å². The molecule has 1 aromatic carbocycles. The zero-order valence-corrected chi connectivity index (χ0v) is 19.3. The lowest BCUT2D eigenvalue weighted by molar-refractivity contribution is -0.120. The molecule has 0 aliphatic carbocycles. The van der Waals surface area contributed by atoms with Crippen LogP contribution in [0.15, 0.2) is 24.3 Å². The highest BCUT2D eigenvalue weighted by atomic mass is 35.5. The number of carbonyl (C=O) groups excluding carboxylic acids is 1. The summed E-state index contributed by atoms with van der Waals surface area (Å²) in [6.07, 6.45) is 0.994. The Bertz CT molecular complexity index is 530. The average Bonchev–Trinajstić information content (AvgIpc) is 2.63. The summed E-state index contributed by atoms with van der Waals surface area (Å²) in [6.45, 7) is 9.91. The molecule has 1 amide bonds. The molecule has 2 rings (SSSR count). The molecule has 0 unspecified atom stereocenters. The quantitative estimate of drug-likeness (QED) is 0.527. The summed E-state index contributed by atoms with van der Waals surface area (Å²) < 4.78 is 4.93. The summed E-state index contributed by atoms with van der Waals surface area (Å²) in [5, 5.41) is 6.01. The standard InChI is InChI=1S/C19H32N4O2.3ClH/c1-17-5-3-6-18(15-17)23-12-10-22(11-13-23)9-4-7-21-19(24)16-20-8-14-25-2;;;/h3,5-6,15,20H,4,7-14,16H2,1-2H3,(H,21,24);3*1H. The van der Waals surface area contributed by atoms with E-state index in [9.17, 15) is 4.79 Å². The van der Waals surface area contributed by atoms with Crippen molar-refractivity contribution in [3.05, 3.63) is 29.8 Å². The van der Waals surface area contributed by atoms with Gasteiger partial charge in [-0.05, 0) is 37.6 Å². The van der Waals surface area contributed by atoms with E-state index in [1.165, 1.54) is 11.3 Å². The summed E-state index contributed by atoms with van der Waals surface area (Å²) in [5.74, 6) is 0.0559. The minimum Gasteiger partial charge on any atom is -0.383 e. The van der Waals surface area contributed by atoms with E-state index in [0.29, 0.717) is 19.7 Å². The van der Waals surface area contributed by atoms with Gasteiger partial charge < -0.3 is 20.3 Å². The van der Waals surface area contributed by atoms with Gasteiger partial charge in [0.2, 0.25) is 5.91 Å². The van der Waals surface area contributed by atoms with Crippen molar-refractivity contribution in [3.8, 4) is 0 Å². The van der Waals surface area contributed by atoms with Gasteiger partial charge in [-0.3, -0.25) is 9.69 Å². The second kappa shape index (κ2) is 17.1. The van der Waals surface area contributed by atoms with Gasteiger partial charge in [-0.1, -0.05) is 12.1 Å². The smallest absolute Gasteiger partial charge is 0.233 e. The first-order chi connectivity index (χ1) is 12.2. The van der Waals surface area contributed by atoms with E-state index in [1.54, 1.807) is 7.11 Å². The third kappa shape index (κ3) is 11.3. The fourth-order valence-corrected chi connectivity index (χ4v) is 3.02. The first-order valence-electron chi connectivity index (χ1n) is 9.19. The van der Waals surface area contributed by atoms with E-state index in [0.717, 1.165) is 45.7 Å². The molecule has 0 radical (unpaired) electrons. The molecule has 1 heterocycles. The number of hydrogen-bond acceptors (Lipinski definition) is 5. The van der Waals surface area contributed by atoms with Gasteiger partial charge in [0.15, 0.2) is 0 Å². The van der Waals surface area contributed by atoms with E-state index in [2.05, 4.69) is 51.6 Å². The number of benzene rings is 1. The normalized spacial score (nSPS) is 13.7. The van der Waals surface area contributed by atoms with Crippen LogP contribution in [0.5, 0.6) is 0 Å². The van der Waals surface area contributed by atoms with Crippen LogP contribution in [0, 0.1) is 6.92 Å². The Kier molecular flexibility index (Phi) is 18.0. The maximum absolute atomic E-state index is 11.6. The molecule has 1 fully saturated rings. The van der Waals surface area contributed by atoms with Crippen LogP contribution in [0.2, 0.25) is 0 Å². The minimum atomic E-state index is 0. The summed E-state index contributed by atoms with van der Waals surface area (Å²) in [4.78, 5) is 16.6. The van der Waals surface area contributed by atoms with Crippen molar-refractivity contribution in [2.45, 2.75) is 13.3 Å². The number of aryl methyl sites for hydroxylation is 1. The predicted molar refractivity (Wildman–Crippen MR) is 124 cm³/mol. The molecule has 1 saturated heterocycles. The summed E-state index contributed by atoms with van der Waals surface area (Å²) >= 11 is 0. The molecule has 0 aromatic heterocycles. The highest BCUT2D eigenvalue weighted by molar-refractivity contribution is 5.86. The largest absolute Gasteiger partial charge is 0.383 e. The minimum absolute atomic E-state index is 0. The second-order valence-corrected chi connectivity index (χ2v) is 6.54. The van der Waals surface area contributed by atoms with Crippen molar-refractivity contribution < 1.29 is 9.53 Å². The average molecular weight is 458 g/mol. The van der Waals surface area contributed by atoms with Crippen molar-refractivity contribution >= 4 is 48.8 Å². The molecule has 28 heavy (non-hydrogen) atoms. The molecule has 1 aromatic rings. The molecule has 6 nitrogen and oxygen atoms in total. The maximum atomic E-state index is 11.6. The Morgan fingerprint density at radius 1 is 1.11 bits per heavy atom. The van der Waals surface area contributed by atoms with Crippen LogP contribution < -0.4 is 15.5 Å². The topological polar surface area (TPSA) is 56.8 Å². The molecule has 1 aliphatic rings. The van der Waals surface area contributed by atoms with E-state index in [-0.39, 0.29) is 43.1 Å². The Morgan fingerprint density at radius 2 is 1.82 bits per heavy atom. The third-order valence-electron chi connectivity index (χ3n) is 4.48. The van der Waals surface area contributed by atoms with Gasteiger partial charge in [0.05, 0.1) is 13.2 Å². The number of hydrogen-bond donors (Lipinski definition) is 2. The zero-order chi connectivity index (χ0) is 17.9. The van der Waals surface area contributed by atoms with E-state index in [1.807, 2.05) is 0 Å². The van der Waals surface area contributed by atoms with Crippen LogP contribution in [0.1, 0.15) is 12.0 Å². The molecule has 1 aliphatic heterocycles. The lowest BCUT2D eigenvalue weighted by Gasteiger charge is -2.36. The maximum Gasteiger partial charge on any atom is 0.233 e. The Labute approximate surface area is 188 Å². The number of halogens is 3. The molecular weight excluding hydrogens is 423 g/mol. The van der Waals surface area contributed by atoms with Crippen molar-refractivity contribution in [1.29, 1.82) is 0 Å². The van der Waals surface area contributed by atoms with Gasteiger partial charge in [0, 0.05) is 52.1 Å². The van der Waals surface area contributed by atoms with Gasteiger partial charge in [-0.25, -0.2) is 0 Å². The Hall–Kier alpha value is -0.760. The SMILES string of the molecule is COCCNCC(=O)NCCCN1CCN(c2cccc(C)c2)CC1.Cl.Cl.Cl. The van der Waals surface area contributed by atoms with E-state index in [4.69, 9.17) is 4.74 Å².